The lowest BCUT2D eigenvalue weighted by Crippen LogP contribution is -2.55. The summed E-state index contributed by atoms with van der Waals surface area (Å²) < 4.78 is 5.99. The highest BCUT2D eigenvalue weighted by atomic mass is 35.5. The highest BCUT2D eigenvalue weighted by Gasteiger charge is 2.43. The second kappa shape index (κ2) is 9.61. The fourth-order valence-corrected chi connectivity index (χ4v) is 4.01. The smallest absolute Gasteiger partial charge is 0.249 e. The van der Waals surface area contributed by atoms with E-state index in [0.717, 1.165) is 17.5 Å². The van der Waals surface area contributed by atoms with Gasteiger partial charge in [-0.3, -0.25) is 9.59 Å². The maximum absolute atomic E-state index is 13.0. The Morgan fingerprint density at radius 3 is 2.17 bits per heavy atom. The highest BCUT2D eigenvalue weighted by Crippen LogP contribution is 2.42. The molecule has 154 valence electrons. The third-order valence-corrected chi connectivity index (χ3v) is 5.62. The van der Waals surface area contributed by atoms with E-state index in [2.05, 4.69) is 5.32 Å². The predicted octanol–water partition coefficient (Wildman–Crippen LogP) is 4.55. The van der Waals surface area contributed by atoms with Gasteiger partial charge >= 0.3 is 0 Å². The molecule has 1 saturated heterocycles. The van der Waals surface area contributed by atoms with Gasteiger partial charge in [-0.15, -0.1) is 0 Å². The molecule has 1 fully saturated rings. The minimum absolute atomic E-state index is 0.0887. The van der Waals surface area contributed by atoms with Crippen molar-refractivity contribution in [2.24, 2.45) is 0 Å². The number of likely N-dealkylation sites (N-methyl/N-ethyl adjacent to an activating group) is 1. The van der Waals surface area contributed by atoms with E-state index in [-0.39, 0.29) is 18.4 Å². The Morgan fingerprint density at radius 2 is 1.66 bits per heavy atom. The Hall–Kier alpha value is -2.08. The lowest BCUT2D eigenvalue weighted by Gasteiger charge is -2.45. The molecule has 1 aliphatic rings. The molecule has 3 rings (SSSR count). The Labute approximate surface area is 180 Å². The molecule has 29 heavy (non-hydrogen) atoms. The summed E-state index contributed by atoms with van der Waals surface area (Å²) in [6, 6.07) is 13.6. The number of halogens is 2. The summed E-state index contributed by atoms with van der Waals surface area (Å²) in [4.78, 5) is 27.3. The average molecular weight is 435 g/mol. The van der Waals surface area contributed by atoms with Crippen LogP contribution in [-0.2, 0) is 14.3 Å². The van der Waals surface area contributed by atoms with Crippen LogP contribution in [0.2, 0.25) is 10.0 Å². The van der Waals surface area contributed by atoms with E-state index < -0.39 is 18.2 Å². The third-order valence-electron chi connectivity index (χ3n) is 5.12. The van der Waals surface area contributed by atoms with Crippen LogP contribution in [0.5, 0.6) is 0 Å². The topological polar surface area (TPSA) is 58.6 Å². The van der Waals surface area contributed by atoms with Gasteiger partial charge in [-0.05, 0) is 41.8 Å². The maximum Gasteiger partial charge on any atom is 0.249 e. The first-order valence-electron chi connectivity index (χ1n) is 9.61. The zero-order chi connectivity index (χ0) is 21.0. The second-order valence-electron chi connectivity index (χ2n) is 7.00. The molecule has 0 unspecified atom stereocenters. The molecule has 2 aromatic rings. The molecule has 0 aromatic heterocycles. The van der Waals surface area contributed by atoms with E-state index in [4.69, 9.17) is 27.9 Å². The average Bonchev–Trinajstić information content (AvgIpc) is 2.73. The largest absolute Gasteiger partial charge is 0.361 e. The fraction of sp³-hybridized carbons (Fsp3) is 0.364. The number of carbonyl (C=O) groups is 2. The number of rotatable bonds is 6. The van der Waals surface area contributed by atoms with Gasteiger partial charge < -0.3 is 15.0 Å². The van der Waals surface area contributed by atoms with Gasteiger partial charge in [0, 0.05) is 17.1 Å². The van der Waals surface area contributed by atoms with Gasteiger partial charge in [0.15, 0.2) is 0 Å². The minimum Gasteiger partial charge on any atom is -0.361 e. The molecule has 0 spiro atoms. The molecule has 0 bridgehead atoms. The summed E-state index contributed by atoms with van der Waals surface area (Å²) in [6.45, 7) is 1.91. The van der Waals surface area contributed by atoms with E-state index >= 15 is 0 Å². The van der Waals surface area contributed by atoms with E-state index in [0.29, 0.717) is 16.5 Å². The summed E-state index contributed by atoms with van der Waals surface area (Å²) in [5.41, 5.74) is 1.74. The Balaban J connectivity index is 2.11. The third kappa shape index (κ3) is 4.74. The number of morpholine rings is 1. The molecule has 0 aliphatic carbocycles. The van der Waals surface area contributed by atoms with Crippen LogP contribution in [-0.4, -0.2) is 36.4 Å². The van der Waals surface area contributed by atoms with Crippen molar-refractivity contribution >= 4 is 35.0 Å². The zero-order valence-electron chi connectivity index (χ0n) is 16.4. The first-order chi connectivity index (χ1) is 14.0. The van der Waals surface area contributed by atoms with Crippen LogP contribution in [0.25, 0.3) is 0 Å². The zero-order valence-corrected chi connectivity index (χ0v) is 17.9. The molecular weight excluding hydrogens is 411 g/mol. The summed E-state index contributed by atoms with van der Waals surface area (Å²) in [7, 11) is 1.59. The molecule has 1 aliphatic heterocycles. The molecule has 2 amide bonds. The van der Waals surface area contributed by atoms with Crippen molar-refractivity contribution in [2.45, 2.75) is 38.0 Å². The summed E-state index contributed by atoms with van der Waals surface area (Å²) in [5, 5.41) is 3.92. The van der Waals surface area contributed by atoms with Gasteiger partial charge in [0.25, 0.3) is 0 Å². The molecule has 2 aromatic carbocycles. The van der Waals surface area contributed by atoms with E-state index in [1.54, 1.807) is 36.2 Å². The molecule has 5 nitrogen and oxygen atoms in total. The van der Waals surface area contributed by atoms with Crippen LogP contribution in [0.1, 0.15) is 43.0 Å². The van der Waals surface area contributed by atoms with E-state index in [1.807, 2.05) is 31.2 Å². The summed E-state index contributed by atoms with van der Waals surface area (Å²) in [5.74, 6) is -0.395. The predicted molar refractivity (Wildman–Crippen MR) is 114 cm³/mol. The Bertz CT molecular complexity index is 855. The highest BCUT2D eigenvalue weighted by molar-refractivity contribution is 6.30. The standard InChI is InChI=1S/C22H24Cl2N2O3/c1-3-4-18(22(28)25-2)26-19(27)13-29-21(15-7-11-17(24)12-8-15)20(26)14-5-9-16(23)10-6-14/h5-12,18,20-21H,3-4,13H2,1-2H3,(H,25,28)/t18-,20+,21-/m1/s1. The van der Waals surface area contributed by atoms with Gasteiger partial charge in [0.05, 0.1) is 6.04 Å². The number of nitrogens with one attached hydrogen (secondary N) is 1. The van der Waals surface area contributed by atoms with Crippen molar-refractivity contribution in [3.8, 4) is 0 Å². The summed E-state index contributed by atoms with van der Waals surface area (Å²) in [6.07, 6.45) is 0.889. The lowest BCUT2D eigenvalue weighted by atomic mass is 9.90. The fourth-order valence-electron chi connectivity index (χ4n) is 3.76. The number of nitrogens with zero attached hydrogens (tertiary/aromatic N) is 1. The Kier molecular flexibility index (Phi) is 7.17. The number of ether oxygens (including phenoxy) is 1. The molecule has 3 atom stereocenters. The van der Waals surface area contributed by atoms with Crippen LogP contribution < -0.4 is 5.32 Å². The molecule has 7 heteroatoms. The Morgan fingerprint density at radius 1 is 1.10 bits per heavy atom. The lowest BCUT2D eigenvalue weighted by molar-refractivity contribution is -0.167. The second-order valence-corrected chi connectivity index (χ2v) is 7.87. The van der Waals surface area contributed by atoms with Crippen molar-refractivity contribution in [1.29, 1.82) is 0 Å². The molecule has 0 radical (unpaired) electrons. The van der Waals surface area contributed by atoms with Crippen LogP contribution in [0.4, 0.5) is 0 Å². The number of carbonyl (C=O) groups excluding carboxylic acids is 2. The number of hydrogen-bond acceptors (Lipinski definition) is 3. The first kappa shape index (κ1) is 21.6. The number of hydrogen-bond donors (Lipinski definition) is 1. The quantitative estimate of drug-likeness (QED) is 0.725. The van der Waals surface area contributed by atoms with Crippen molar-refractivity contribution in [3.63, 3.8) is 0 Å². The van der Waals surface area contributed by atoms with Crippen LogP contribution in [0.3, 0.4) is 0 Å². The monoisotopic (exact) mass is 434 g/mol. The van der Waals surface area contributed by atoms with Crippen LogP contribution in [0.15, 0.2) is 48.5 Å². The molecular formula is C22H24Cl2N2O3. The van der Waals surface area contributed by atoms with Crippen molar-refractivity contribution in [3.05, 3.63) is 69.7 Å². The summed E-state index contributed by atoms with van der Waals surface area (Å²) >= 11 is 12.1. The maximum atomic E-state index is 13.0. The van der Waals surface area contributed by atoms with Gasteiger partial charge in [0.1, 0.15) is 18.8 Å². The van der Waals surface area contributed by atoms with Gasteiger partial charge in [0.2, 0.25) is 11.8 Å². The van der Waals surface area contributed by atoms with E-state index in [1.165, 1.54) is 0 Å². The minimum atomic E-state index is -0.586. The molecule has 1 N–H and O–H groups in total. The van der Waals surface area contributed by atoms with E-state index in [9.17, 15) is 9.59 Å². The van der Waals surface area contributed by atoms with Crippen LogP contribution in [0, 0.1) is 0 Å². The van der Waals surface area contributed by atoms with Crippen LogP contribution >= 0.6 is 23.2 Å². The van der Waals surface area contributed by atoms with Crippen molar-refractivity contribution in [2.75, 3.05) is 13.7 Å². The van der Waals surface area contributed by atoms with Gasteiger partial charge in [-0.25, -0.2) is 0 Å². The normalized spacial score (nSPS) is 20.4. The SMILES string of the molecule is CCC[C@H](C(=O)NC)N1C(=O)CO[C@H](c2ccc(Cl)cc2)[C@@H]1c1ccc(Cl)cc1. The molecule has 0 saturated carbocycles. The number of amides is 2. The van der Waals surface area contributed by atoms with Gasteiger partial charge in [-0.1, -0.05) is 60.8 Å². The first-order valence-corrected chi connectivity index (χ1v) is 10.4. The van der Waals surface area contributed by atoms with Crippen molar-refractivity contribution in [1.82, 2.24) is 10.2 Å². The van der Waals surface area contributed by atoms with Crippen molar-refractivity contribution < 1.29 is 14.3 Å². The molecule has 1 heterocycles. The number of benzene rings is 2. The van der Waals surface area contributed by atoms with Gasteiger partial charge in [-0.2, -0.15) is 0 Å².